The molecule has 1 saturated heterocycles. The lowest BCUT2D eigenvalue weighted by Crippen LogP contribution is -2.53. The van der Waals surface area contributed by atoms with Crippen LogP contribution in [-0.2, 0) is 14.3 Å². The van der Waals surface area contributed by atoms with Gasteiger partial charge >= 0.3 is 5.97 Å². The number of benzene rings is 1. The average Bonchev–Trinajstić information content (AvgIpc) is 2.53. The van der Waals surface area contributed by atoms with Gasteiger partial charge in [0, 0.05) is 12.6 Å². The second-order valence-corrected chi connectivity index (χ2v) is 5.84. The number of rotatable bonds is 5. The molecule has 1 aromatic rings. The molecule has 0 spiro atoms. The monoisotopic (exact) mass is 343 g/mol. The van der Waals surface area contributed by atoms with E-state index in [2.05, 4.69) is 0 Å². The predicted molar refractivity (Wildman–Crippen MR) is 79.6 cm³/mol. The summed E-state index contributed by atoms with van der Waals surface area (Å²) < 4.78 is 37.3. The Morgan fingerprint density at radius 1 is 1.38 bits per heavy atom. The topological polar surface area (TPSA) is 76.1 Å². The van der Waals surface area contributed by atoms with Gasteiger partial charge in [-0.15, -0.1) is 0 Å². The van der Waals surface area contributed by atoms with Gasteiger partial charge in [0.2, 0.25) is 0 Å². The lowest BCUT2D eigenvalue weighted by Gasteiger charge is -2.34. The van der Waals surface area contributed by atoms with Crippen LogP contribution in [0.1, 0.15) is 13.8 Å². The van der Waals surface area contributed by atoms with E-state index in [4.69, 9.17) is 14.6 Å². The summed E-state index contributed by atoms with van der Waals surface area (Å²) >= 11 is 0. The highest BCUT2D eigenvalue weighted by Gasteiger charge is 2.35. The minimum absolute atomic E-state index is 0.0957. The fourth-order valence-electron chi connectivity index (χ4n) is 2.36. The highest BCUT2D eigenvalue weighted by Crippen LogP contribution is 2.23. The van der Waals surface area contributed by atoms with E-state index in [1.54, 1.807) is 13.8 Å². The lowest BCUT2D eigenvalue weighted by molar-refractivity contribution is -0.162. The number of amides is 1. The standard InChI is InChI=1S/C16H19F2NO5/c1-9(2)14(24-12-4-3-10(17)7-11(12)18)15(20)19-5-6-23-13(8-19)16(21)22/h3-4,7,9,13-14H,5-6,8H2,1-2H3,(H,21,22)/t13-,14-/m1/s1. The molecule has 2 atom stereocenters. The fraction of sp³-hybridized carbons (Fsp3) is 0.500. The van der Waals surface area contributed by atoms with Crippen molar-refractivity contribution < 1.29 is 33.0 Å². The number of aliphatic carboxylic acids is 1. The van der Waals surface area contributed by atoms with Crippen molar-refractivity contribution in [2.24, 2.45) is 5.92 Å². The second-order valence-electron chi connectivity index (χ2n) is 5.84. The van der Waals surface area contributed by atoms with Gasteiger partial charge in [-0.25, -0.2) is 13.6 Å². The minimum atomic E-state index is -1.15. The van der Waals surface area contributed by atoms with E-state index in [1.807, 2.05) is 0 Å². The maximum absolute atomic E-state index is 13.8. The molecule has 0 unspecified atom stereocenters. The first-order chi connectivity index (χ1) is 11.3. The van der Waals surface area contributed by atoms with Crippen LogP contribution in [-0.4, -0.2) is 53.8 Å². The molecule has 8 heteroatoms. The molecule has 1 aliphatic rings. The van der Waals surface area contributed by atoms with E-state index in [0.29, 0.717) is 6.07 Å². The van der Waals surface area contributed by atoms with Crippen molar-refractivity contribution in [2.45, 2.75) is 26.1 Å². The van der Waals surface area contributed by atoms with Crippen LogP contribution >= 0.6 is 0 Å². The molecule has 6 nitrogen and oxygen atoms in total. The third kappa shape index (κ3) is 4.19. The van der Waals surface area contributed by atoms with Gasteiger partial charge in [0.15, 0.2) is 23.8 Å². The van der Waals surface area contributed by atoms with Crippen LogP contribution < -0.4 is 4.74 Å². The van der Waals surface area contributed by atoms with Crippen molar-refractivity contribution in [1.82, 2.24) is 4.90 Å². The first-order valence-electron chi connectivity index (χ1n) is 7.54. The number of carboxylic acid groups (broad SMARTS) is 1. The summed E-state index contributed by atoms with van der Waals surface area (Å²) in [5, 5.41) is 9.00. The summed E-state index contributed by atoms with van der Waals surface area (Å²) in [6, 6.07) is 2.83. The molecule has 1 fully saturated rings. The van der Waals surface area contributed by atoms with E-state index < -0.39 is 35.7 Å². The molecule has 0 aromatic heterocycles. The molecular formula is C16H19F2NO5. The van der Waals surface area contributed by atoms with Gasteiger partial charge in [0.05, 0.1) is 13.2 Å². The van der Waals surface area contributed by atoms with E-state index in [0.717, 1.165) is 12.1 Å². The number of hydrogen-bond donors (Lipinski definition) is 1. The quantitative estimate of drug-likeness (QED) is 0.880. The van der Waals surface area contributed by atoms with Gasteiger partial charge < -0.3 is 19.5 Å². The van der Waals surface area contributed by atoms with Crippen LogP contribution in [0.15, 0.2) is 18.2 Å². The molecule has 1 N–H and O–H groups in total. The molecule has 0 bridgehead atoms. The van der Waals surface area contributed by atoms with E-state index in [1.165, 1.54) is 4.90 Å². The van der Waals surface area contributed by atoms with Crippen LogP contribution in [0.5, 0.6) is 5.75 Å². The van der Waals surface area contributed by atoms with Gasteiger partial charge in [-0.1, -0.05) is 13.8 Å². The summed E-state index contributed by atoms with van der Waals surface area (Å²) in [5.74, 6) is -3.79. The Hall–Kier alpha value is -2.22. The van der Waals surface area contributed by atoms with E-state index in [-0.39, 0.29) is 31.4 Å². The molecule has 24 heavy (non-hydrogen) atoms. The van der Waals surface area contributed by atoms with Gasteiger partial charge in [-0.3, -0.25) is 4.79 Å². The Kier molecular flexibility index (Phi) is 5.71. The zero-order valence-electron chi connectivity index (χ0n) is 13.4. The minimum Gasteiger partial charge on any atom is -0.479 e. The lowest BCUT2D eigenvalue weighted by atomic mass is 10.1. The number of carbonyl (C=O) groups is 2. The van der Waals surface area contributed by atoms with Gasteiger partial charge in [0.1, 0.15) is 5.82 Å². The number of hydrogen-bond acceptors (Lipinski definition) is 4. The SMILES string of the molecule is CC(C)[C@@H](Oc1ccc(F)cc1F)C(=O)N1CCO[C@@H](C(=O)O)C1. The summed E-state index contributed by atoms with van der Waals surface area (Å²) in [6.07, 6.45) is -2.12. The van der Waals surface area contributed by atoms with Gasteiger partial charge in [-0.05, 0) is 18.1 Å². The Morgan fingerprint density at radius 3 is 2.67 bits per heavy atom. The molecule has 1 aromatic carbocycles. The van der Waals surface area contributed by atoms with Crippen LogP contribution in [0.4, 0.5) is 8.78 Å². The summed E-state index contributed by atoms with van der Waals surface area (Å²) in [5.41, 5.74) is 0. The second kappa shape index (κ2) is 7.57. The Morgan fingerprint density at radius 2 is 2.08 bits per heavy atom. The average molecular weight is 343 g/mol. The Labute approximate surface area is 138 Å². The fourth-order valence-corrected chi connectivity index (χ4v) is 2.36. The largest absolute Gasteiger partial charge is 0.479 e. The molecule has 1 heterocycles. The molecule has 0 saturated carbocycles. The van der Waals surface area contributed by atoms with Crippen molar-refractivity contribution in [2.75, 3.05) is 19.7 Å². The van der Waals surface area contributed by atoms with Crippen LogP contribution in [0.25, 0.3) is 0 Å². The van der Waals surface area contributed by atoms with Crippen molar-refractivity contribution in [3.63, 3.8) is 0 Å². The zero-order valence-corrected chi connectivity index (χ0v) is 13.4. The Bertz CT molecular complexity index is 622. The van der Waals surface area contributed by atoms with Gasteiger partial charge in [-0.2, -0.15) is 0 Å². The smallest absolute Gasteiger partial charge is 0.334 e. The summed E-state index contributed by atoms with van der Waals surface area (Å²) in [4.78, 5) is 25.0. The number of carboxylic acids is 1. The van der Waals surface area contributed by atoms with Crippen molar-refractivity contribution in [3.8, 4) is 5.75 Å². The highest BCUT2D eigenvalue weighted by atomic mass is 19.1. The highest BCUT2D eigenvalue weighted by molar-refractivity contribution is 5.83. The van der Waals surface area contributed by atoms with Crippen LogP contribution in [0.2, 0.25) is 0 Å². The third-order valence-corrected chi connectivity index (χ3v) is 3.65. The summed E-state index contributed by atoms with van der Waals surface area (Å²) in [6.45, 7) is 3.66. The van der Waals surface area contributed by atoms with Crippen LogP contribution in [0.3, 0.4) is 0 Å². The van der Waals surface area contributed by atoms with E-state index in [9.17, 15) is 18.4 Å². The first kappa shape index (κ1) is 18.1. The number of ether oxygens (including phenoxy) is 2. The molecule has 2 rings (SSSR count). The molecule has 0 aliphatic carbocycles. The molecule has 0 radical (unpaired) electrons. The molecule has 132 valence electrons. The van der Waals surface area contributed by atoms with Crippen molar-refractivity contribution >= 4 is 11.9 Å². The Balaban J connectivity index is 2.14. The molecule has 1 aliphatic heterocycles. The van der Waals surface area contributed by atoms with Crippen molar-refractivity contribution in [1.29, 1.82) is 0 Å². The number of halogens is 2. The maximum atomic E-state index is 13.8. The van der Waals surface area contributed by atoms with Gasteiger partial charge in [0.25, 0.3) is 5.91 Å². The molecule has 1 amide bonds. The third-order valence-electron chi connectivity index (χ3n) is 3.65. The number of nitrogens with zero attached hydrogens (tertiary/aromatic N) is 1. The van der Waals surface area contributed by atoms with Crippen molar-refractivity contribution in [3.05, 3.63) is 29.8 Å². The number of morpholine rings is 1. The van der Waals surface area contributed by atoms with Crippen LogP contribution in [0, 0.1) is 17.6 Å². The summed E-state index contributed by atoms with van der Waals surface area (Å²) in [7, 11) is 0. The predicted octanol–water partition coefficient (Wildman–Crippen LogP) is 1.68. The van der Waals surface area contributed by atoms with E-state index >= 15 is 0 Å². The normalized spacial score (nSPS) is 19.2. The number of carbonyl (C=O) groups excluding carboxylic acids is 1. The maximum Gasteiger partial charge on any atom is 0.334 e. The first-order valence-corrected chi connectivity index (χ1v) is 7.54. The molecular weight excluding hydrogens is 324 g/mol. The zero-order chi connectivity index (χ0) is 17.9.